The zero-order valence-electron chi connectivity index (χ0n) is 17.4. The number of rotatable bonds is 5. The van der Waals surface area contributed by atoms with Crippen molar-refractivity contribution in [2.24, 2.45) is 0 Å². The van der Waals surface area contributed by atoms with Gasteiger partial charge in [-0.2, -0.15) is 4.39 Å². The van der Waals surface area contributed by atoms with E-state index in [0.29, 0.717) is 23.2 Å². The molecule has 0 aliphatic carbocycles. The van der Waals surface area contributed by atoms with Crippen LogP contribution in [0, 0.1) is 11.8 Å². The summed E-state index contributed by atoms with van der Waals surface area (Å²) in [5.41, 5.74) is 1.74. The minimum atomic E-state index is -4.51. The molecule has 0 saturated carbocycles. The van der Waals surface area contributed by atoms with Gasteiger partial charge < -0.3 is 9.73 Å². The third-order valence-corrected chi connectivity index (χ3v) is 6.94. The number of nitrogens with zero attached hydrogens (tertiary/aromatic N) is 2. The molecule has 34 heavy (non-hydrogen) atoms. The van der Waals surface area contributed by atoms with Crippen molar-refractivity contribution in [3.8, 4) is 0 Å². The first-order chi connectivity index (χ1) is 16.2. The van der Waals surface area contributed by atoms with E-state index in [1.807, 2.05) is 4.72 Å². The number of hydrogen-bond acceptors (Lipinski definition) is 6. The standard InChI is InChI=1S/C22H17F3N4O4S/c23-15-7-17-18(8-19(15)34(31,32)28-21-6-2-5-20(25)27-21)33-22(30)29(17)11-12-3-1-4-13-14(12)9-26-10-16(13)24/h1-8,16,26H,9-11H2,(H,27,28). The van der Waals surface area contributed by atoms with E-state index in [-0.39, 0.29) is 30.0 Å². The van der Waals surface area contributed by atoms with Crippen LogP contribution in [0.25, 0.3) is 11.1 Å². The molecule has 1 unspecified atom stereocenters. The summed E-state index contributed by atoms with van der Waals surface area (Å²) in [6, 6.07) is 10.3. The maximum Gasteiger partial charge on any atom is 0.420 e. The van der Waals surface area contributed by atoms with Gasteiger partial charge in [-0.1, -0.05) is 24.3 Å². The largest absolute Gasteiger partial charge is 0.420 e. The Bertz CT molecular complexity index is 1580. The topological polar surface area (TPSA) is 106 Å². The molecule has 4 aromatic rings. The Kier molecular flexibility index (Phi) is 5.41. The molecular formula is C22H17F3N4O4S. The Morgan fingerprint density at radius 3 is 2.76 bits per heavy atom. The molecule has 12 heteroatoms. The summed E-state index contributed by atoms with van der Waals surface area (Å²) >= 11 is 0. The third-order valence-electron chi connectivity index (χ3n) is 5.57. The van der Waals surface area contributed by atoms with E-state index in [2.05, 4.69) is 10.3 Å². The molecule has 1 atom stereocenters. The number of nitrogens with one attached hydrogen (secondary N) is 2. The Labute approximate surface area is 191 Å². The first-order valence-corrected chi connectivity index (χ1v) is 11.6. The van der Waals surface area contributed by atoms with E-state index in [4.69, 9.17) is 4.42 Å². The normalized spacial score (nSPS) is 15.9. The van der Waals surface area contributed by atoms with Crippen molar-refractivity contribution in [1.29, 1.82) is 0 Å². The van der Waals surface area contributed by atoms with Gasteiger partial charge in [0.1, 0.15) is 22.7 Å². The van der Waals surface area contributed by atoms with Crippen LogP contribution in [0.15, 0.2) is 62.6 Å². The van der Waals surface area contributed by atoms with Gasteiger partial charge in [0.05, 0.1) is 12.1 Å². The molecule has 0 amide bonds. The van der Waals surface area contributed by atoms with Crippen molar-refractivity contribution in [1.82, 2.24) is 14.9 Å². The highest BCUT2D eigenvalue weighted by molar-refractivity contribution is 7.92. The molecule has 176 valence electrons. The molecule has 2 aromatic heterocycles. The molecule has 8 nitrogen and oxygen atoms in total. The molecule has 0 bridgehead atoms. The van der Waals surface area contributed by atoms with Crippen LogP contribution in [0.4, 0.5) is 19.0 Å². The molecule has 2 N–H and O–H groups in total. The zero-order chi connectivity index (χ0) is 24.0. The lowest BCUT2D eigenvalue weighted by atomic mass is 9.94. The minimum Gasteiger partial charge on any atom is -0.408 e. The van der Waals surface area contributed by atoms with Gasteiger partial charge in [0.2, 0.25) is 5.95 Å². The van der Waals surface area contributed by atoms with Crippen molar-refractivity contribution >= 4 is 26.9 Å². The third kappa shape index (κ3) is 3.94. The van der Waals surface area contributed by atoms with E-state index in [9.17, 15) is 26.4 Å². The summed E-state index contributed by atoms with van der Waals surface area (Å²) in [5.74, 6) is -3.24. The van der Waals surface area contributed by atoms with Gasteiger partial charge in [-0.25, -0.2) is 27.0 Å². The molecular weight excluding hydrogens is 473 g/mol. The van der Waals surface area contributed by atoms with Crippen molar-refractivity contribution in [3.63, 3.8) is 0 Å². The number of oxazole rings is 1. The van der Waals surface area contributed by atoms with Crippen molar-refractivity contribution in [3.05, 3.63) is 87.5 Å². The first-order valence-electron chi connectivity index (χ1n) is 10.2. The fourth-order valence-corrected chi connectivity index (χ4v) is 5.07. The fourth-order valence-electron chi connectivity index (χ4n) is 3.99. The summed E-state index contributed by atoms with van der Waals surface area (Å²) in [7, 11) is -4.51. The van der Waals surface area contributed by atoms with E-state index in [0.717, 1.165) is 22.8 Å². The van der Waals surface area contributed by atoms with E-state index >= 15 is 0 Å². The van der Waals surface area contributed by atoms with Gasteiger partial charge in [0.25, 0.3) is 10.0 Å². The highest BCUT2D eigenvalue weighted by Crippen LogP contribution is 2.29. The van der Waals surface area contributed by atoms with Crippen LogP contribution < -0.4 is 15.8 Å². The lowest BCUT2D eigenvalue weighted by molar-refractivity contribution is 0.309. The Balaban J connectivity index is 1.54. The summed E-state index contributed by atoms with van der Waals surface area (Å²) < 4.78 is 76.1. The highest BCUT2D eigenvalue weighted by Gasteiger charge is 2.25. The van der Waals surface area contributed by atoms with Gasteiger partial charge in [0.15, 0.2) is 5.58 Å². The quantitative estimate of drug-likeness (QED) is 0.416. The molecule has 0 spiro atoms. The van der Waals surface area contributed by atoms with E-state index in [1.54, 1.807) is 18.2 Å². The second kappa shape index (κ2) is 8.29. The van der Waals surface area contributed by atoms with Crippen LogP contribution in [0.1, 0.15) is 22.9 Å². The van der Waals surface area contributed by atoms with E-state index < -0.39 is 38.6 Å². The van der Waals surface area contributed by atoms with Gasteiger partial charge in [-0.15, -0.1) is 0 Å². The molecule has 0 radical (unpaired) electrons. The number of sulfonamides is 1. The second-order valence-corrected chi connectivity index (χ2v) is 9.39. The number of anilines is 1. The summed E-state index contributed by atoms with van der Waals surface area (Å²) in [6.07, 6.45) is -1.19. The van der Waals surface area contributed by atoms with Gasteiger partial charge in [-0.3, -0.25) is 9.29 Å². The van der Waals surface area contributed by atoms with Crippen molar-refractivity contribution in [2.75, 3.05) is 11.3 Å². The SMILES string of the molecule is O=c1oc2cc(S(=O)(=O)Nc3cccc(F)n3)c(F)cc2n1Cc1cccc2c1CNCC2F. The number of hydrogen-bond donors (Lipinski definition) is 2. The first kappa shape index (κ1) is 22.2. The average Bonchev–Trinajstić information content (AvgIpc) is 3.08. The zero-order valence-corrected chi connectivity index (χ0v) is 18.2. The minimum absolute atomic E-state index is 0.0274. The lowest BCUT2D eigenvalue weighted by Gasteiger charge is -2.23. The van der Waals surface area contributed by atoms with E-state index in [1.165, 1.54) is 12.1 Å². The number of aromatic nitrogens is 2. The maximum atomic E-state index is 14.9. The molecule has 1 aliphatic rings. The molecule has 2 aromatic carbocycles. The highest BCUT2D eigenvalue weighted by atomic mass is 32.2. The average molecular weight is 490 g/mol. The fraction of sp³-hybridized carbons (Fsp3) is 0.182. The predicted octanol–water partition coefficient (Wildman–Crippen LogP) is 3.23. The number of benzene rings is 2. The Hall–Kier alpha value is -3.64. The Morgan fingerprint density at radius 1 is 1.18 bits per heavy atom. The molecule has 3 heterocycles. The van der Waals surface area contributed by atoms with Crippen molar-refractivity contribution in [2.45, 2.75) is 24.2 Å². The van der Waals surface area contributed by atoms with Crippen LogP contribution >= 0.6 is 0 Å². The smallest absolute Gasteiger partial charge is 0.408 e. The number of fused-ring (bicyclic) bond motifs is 2. The Morgan fingerprint density at radius 2 is 1.97 bits per heavy atom. The van der Waals surface area contributed by atoms with Crippen molar-refractivity contribution < 1.29 is 26.0 Å². The predicted molar refractivity (Wildman–Crippen MR) is 117 cm³/mol. The van der Waals surface area contributed by atoms with Gasteiger partial charge in [0, 0.05) is 25.2 Å². The number of halogens is 3. The monoisotopic (exact) mass is 490 g/mol. The van der Waals surface area contributed by atoms with Crippen LogP contribution in [-0.4, -0.2) is 24.5 Å². The molecule has 5 rings (SSSR count). The number of pyridine rings is 1. The van der Waals surface area contributed by atoms with Gasteiger partial charge in [-0.05, 0) is 28.8 Å². The molecule has 1 aliphatic heterocycles. The molecule has 0 fully saturated rings. The maximum absolute atomic E-state index is 14.9. The van der Waals surface area contributed by atoms with Crippen LogP contribution in [0.5, 0.6) is 0 Å². The number of alkyl halides is 1. The van der Waals surface area contributed by atoms with Gasteiger partial charge >= 0.3 is 5.76 Å². The summed E-state index contributed by atoms with van der Waals surface area (Å²) in [5, 5.41) is 2.97. The van der Waals surface area contributed by atoms with Crippen LogP contribution in [-0.2, 0) is 23.1 Å². The van der Waals surface area contributed by atoms with Crippen LogP contribution in [0.2, 0.25) is 0 Å². The van der Waals surface area contributed by atoms with Crippen LogP contribution in [0.3, 0.4) is 0 Å². The second-order valence-electron chi connectivity index (χ2n) is 7.74. The molecule has 0 saturated heterocycles. The summed E-state index contributed by atoms with van der Waals surface area (Å²) in [4.78, 5) is 15.1. The lowest BCUT2D eigenvalue weighted by Crippen LogP contribution is -2.28. The summed E-state index contributed by atoms with van der Waals surface area (Å²) in [6.45, 7) is 0.570.